The number of amides is 1. The van der Waals surface area contributed by atoms with Crippen LogP contribution in [0.4, 0.5) is 18.9 Å². The van der Waals surface area contributed by atoms with Crippen molar-refractivity contribution in [1.29, 1.82) is 0 Å². The molecule has 7 nitrogen and oxygen atoms in total. The van der Waals surface area contributed by atoms with Gasteiger partial charge < -0.3 is 5.32 Å². The average molecular weight is 478 g/mol. The van der Waals surface area contributed by atoms with Crippen LogP contribution in [0.2, 0.25) is 0 Å². The van der Waals surface area contributed by atoms with Crippen LogP contribution in [-0.4, -0.2) is 61.2 Å². The number of fused-ring (bicyclic) bond motifs is 1. The first-order valence-corrected chi connectivity index (χ1v) is 11.6. The predicted molar refractivity (Wildman–Crippen MR) is 117 cm³/mol. The molecule has 0 saturated carbocycles. The van der Waals surface area contributed by atoms with E-state index in [9.17, 15) is 26.4 Å². The second-order valence-electron chi connectivity index (χ2n) is 7.63. The number of nitrogens with one attached hydrogen (secondary N) is 1. The molecule has 33 heavy (non-hydrogen) atoms. The van der Waals surface area contributed by atoms with E-state index in [2.05, 4.69) is 10.3 Å². The number of pyridine rings is 1. The Morgan fingerprint density at radius 2 is 1.67 bits per heavy atom. The first kappa shape index (κ1) is 23.1. The van der Waals surface area contributed by atoms with E-state index in [4.69, 9.17) is 0 Å². The summed E-state index contributed by atoms with van der Waals surface area (Å²) in [4.78, 5) is 18.4. The van der Waals surface area contributed by atoms with E-state index in [0.29, 0.717) is 18.8 Å². The van der Waals surface area contributed by atoms with Crippen molar-refractivity contribution in [3.05, 3.63) is 66.4 Å². The van der Waals surface area contributed by atoms with Crippen molar-refractivity contribution >= 4 is 32.5 Å². The third-order valence-corrected chi connectivity index (χ3v) is 7.35. The molecule has 174 valence electrons. The zero-order valence-electron chi connectivity index (χ0n) is 17.4. The summed E-state index contributed by atoms with van der Waals surface area (Å²) in [6.45, 7) is 1.00. The lowest BCUT2D eigenvalue weighted by atomic mass is 10.2. The standard InChI is InChI=1S/C22H21F3N4O3S/c23-22(24,25)16-6-8-17(9-7-16)33(31,32)29-13-11-28(12-14-29)15-21(30)27-20-5-1-4-19-18(20)3-2-10-26-19/h1-10H,11-15H2,(H,27,30). The highest BCUT2D eigenvalue weighted by molar-refractivity contribution is 7.89. The van der Waals surface area contributed by atoms with E-state index >= 15 is 0 Å². The van der Waals surface area contributed by atoms with E-state index in [1.54, 1.807) is 24.4 Å². The summed E-state index contributed by atoms with van der Waals surface area (Å²) < 4.78 is 65.0. The van der Waals surface area contributed by atoms with Gasteiger partial charge in [0.15, 0.2) is 0 Å². The molecule has 1 amide bonds. The Kier molecular flexibility index (Phi) is 6.37. The molecule has 1 aromatic heterocycles. The van der Waals surface area contributed by atoms with Crippen LogP contribution in [0.25, 0.3) is 10.9 Å². The Labute approximate surface area is 188 Å². The molecule has 0 radical (unpaired) electrons. The third-order valence-electron chi connectivity index (χ3n) is 5.44. The maximum Gasteiger partial charge on any atom is 0.416 e. The molecule has 0 atom stereocenters. The summed E-state index contributed by atoms with van der Waals surface area (Å²) in [5, 5.41) is 3.69. The van der Waals surface area contributed by atoms with Gasteiger partial charge in [-0.3, -0.25) is 14.7 Å². The molecule has 4 rings (SSSR count). The summed E-state index contributed by atoms with van der Waals surface area (Å²) in [5.74, 6) is -0.231. The quantitative estimate of drug-likeness (QED) is 0.609. The molecule has 1 fully saturated rings. The van der Waals surface area contributed by atoms with Crippen LogP contribution in [-0.2, 0) is 21.0 Å². The number of alkyl halides is 3. The minimum Gasteiger partial charge on any atom is -0.324 e. The summed E-state index contributed by atoms with van der Waals surface area (Å²) in [5.41, 5.74) is 0.505. The van der Waals surface area contributed by atoms with Crippen molar-refractivity contribution in [1.82, 2.24) is 14.2 Å². The fourth-order valence-corrected chi connectivity index (χ4v) is 5.12. The first-order chi connectivity index (χ1) is 15.6. The largest absolute Gasteiger partial charge is 0.416 e. The Morgan fingerprint density at radius 1 is 0.970 bits per heavy atom. The number of aromatic nitrogens is 1. The van der Waals surface area contributed by atoms with Crippen molar-refractivity contribution in [2.24, 2.45) is 0 Å². The molecule has 0 aliphatic carbocycles. The summed E-state index contributed by atoms with van der Waals surface area (Å²) in [6, 6.07) is 12.5. The molecule has 1 N–H and O–H groups in total. The Balaban J connectivity index is 1.35. The second-order valence-corrected chi connectivity index (χ2v) is 9.56. The highest BCUT2D eigenvalue weighted by Crippen LogP contribution is 2.30. The number of nitrogens with zero attached hydrogens (tertiary/aromatic N) is 3. The molecule has 1 saturated heterocycles. The fourth-order valence-electron chi connectivity index (χ4n) is 3.70. The number of halogens is 3. The van der Waals surface area contributed by atoms with Gasteiger partial charge in [-0.05, 0) is 48.5 Å². The van der Waals surface area contributed by atoms with Gasteiger partial charge in [0, 0.05) is 37.8 Å². The van der Waals surface area contributed by atoms with E-state index in [0.717, 1.165) is 35.2 Å². The van der Waals surface area contributed by atoms with Crippen LogP contribution in [0.5, 0.6) is 0 Å². The van der Waals surface area contributed by atoms with Gasteiger partial charge in [0.2, 0.25) is 15.9 Å². The molecule has 0 spiro atoms. The van der Waals surface area contributed by atoms with Crippen molar-refractivity contribution in [2.75, 3.05) is 38.0 Å². The van der Waals surface area contributed by atoms with Crippen molar-refractivity contribution in [2.45, 2.75) is 11.1 Å². The van der Waals surface area contributed by atoms with Crippen LogP contribution in [0.1, 0.15) is 5.56 Å². The smallest absolute Gasteiger partial charge is 0.324 e. The number of piperazine rings is 1. The summed E-state index contributed by atoms with van der Waals surface area (Å²) in [6.07, 6.45) is -2.86. The van der Waals surface area contributed by atoms with Gasteiger partial charge in [-0.2, -0.15) is 17.5 Å². The fraction of sp³-hybridized carbons (Fsp3) is 0.273. The molecule has 0 bridgehead atoms. The molecule has 3 aromatic rings. The average Bonchev–Trinajstić information content (AvgIpc) is 2.79. The lowest BCUT2D eigenvalue weighted by Gasteiger charge is -2.33. The van der Waals surface area contributed by atoms with Crippen molar-refractivity contribution < 1.29 is 26.4 Å². The van der Waals surface area contributed by atoms with Crippen LogP contribution in [0, 0.1) is 0 Å². The predicted octanol–water partition coefficient (Wildman–Crippen LogP) is 3.20. The molecule has 0 unspecified atom stereocenters. The molecular formula is C22H21F3N4O3S. The highest BCUT2D eigenvalue weighted by atomic mass is 32.2. The number of hydrogen-bond donors (Lipinski definition) is 1. The molecule has 2 heterocycles. The van der Waals surface area contributed by atoms with Crippen LogP contribution in [0.3, 0.4) is 0 Å². The normalized spacial score (nSPS) is 16.1. The summed E-state index contributed by atoms with van der Waals surface area (Å²) >= 11 is 0. The second kappa shape index (κ2) is 9.08. The number of hydrogen-bond acceptors (Lipinski definition) is 5. The van der Waals surface area contributed by atoms with Crippen LogP contribution < -0.4 is 5.32 Å². The topological polar surface area (TPSA) is 82.6 Å². The summed E-state index contributed by atoms with van der Waals surface area (Å²) in [7, 11) is -3.92. The number of carbonyl (C=O) groups excluding carboxylic acids is 1. The van der Waals surface area contributed by atoms with Gasteiger partial charge >= 0.3 is 6.18 Å². The molecule has 11 heteroatoms. The highest BCUT2D eigenvalue weighted by Gasteiger charge is 2.32. The van der Waals surface area contributed by atoms with Gasteiger partial charge in [0.1, 0.15) is 0 Å². The zero-order valence-corrected chi connectivity index (χ0v) is 18.2. The lowest BCUT2D eigenvalue weighted by molar-refractivity contribution is -0.137. The SMILES string of the molecule is O=C(CN1CCN(S(=O)(=O)c2ccc(C(F)(F)F)cc2)CC1)Nc1cccc2ncccc12. The maximum absolute atomic E-state index is 12.8. The van der Waals surface area contributed by atoms with Gasteiger partial charge in [0.05, 0.1) is 28.2 Å². The first-order valence-electron chi connectivity index (χ1n) is 10.2. The molecule has 1 aliphatic heterocycles. The maximum atomic E-state index is 12.8. The van der Waals surface area contributed by atoms with Crippen LogP contribution in [0.15, 0.2) is 65.7 Å². The van der Waals surface area contributed by atoms with Gasteiger partial charge in [-0.15, -0.1) is 0 Å². The van der Waals surface area contributed by atoms with Gasteiger partial charge in [-0.25, -0.2) is 8.42 Å². The number of benzene rings is 2. The zero-order chi connectivity index (χ0) is 23.6. The van der Waals surface area contributed by atoms with Crippen molar-refractivity contribution in [3.63, 3.8) is 0 Å². The molecular weight excluding hydrogens is 457 g/mol. The Morgan fingerprint density at radius 3 is 2.33 bits per heavy atom. The van der Waals surface area contributed by atoms with Crippen molar-refractivity contribution in [3.8, 4) is 0 Å². The van der Waals surface area contributed by atoms with E-state index in [-0.39, 0.29) is 30.4 Å². The number of rotatable bonds is 5. The van der Waals surface area contributed by atoms with E-state index in [1.165, 1.54) is 4.31 Å². The van der Waals surface area contributed by atoms with Crippen LogP contribution >= 0.6 is 0 Å². The monoisotopic (exact) mass is 478 g/mol. The minimum absolute atomic E-state index is 0.0881. The Hall–Kier alpha value is -3.02. The van der Waals surface area contributed by atoms with Gasteiger partial charge in [-0.1, -0.05) is 6.07 Å². The molecule has 2 aromatic carbocycles. The number of sulfonamides is 1. The lowest BCUT2D eigenvalue weighted by Crippen LogP contribution is -2.50. The third kappa shape index (κ3) is 5.15. The van der Waals surface area contributed by atoms with E-state index < -0.39 is 21.8 Å². The number of carbonyl (C=O) groups is 1. The Bertz CT molecular complexity index is 1250. The molecule has 1 aliphatic rings. The van der Waals surface area contributed by atoms with Gasteiger partial charge in [0.25, 0.3) is 0 Å². The van der Waals surface area contributed by atoms with E-state index in [1.807, 2.05) is 17.0 Å². The number of anilines is 1. The minimum atomic E-state index is -4.53.